The molecule has 0 saturated carbocycles. The van der Waals surface area contributed by atoms with Crippen LogP contribution in [0.4, 0.5) is 5.69 Å². The average Bonchev–Trinajstić information content (AvgIpc) is 2.38. The van der Waals surface area contributed by atoms with Gasteiger partial charge in [-0.2, -0.15) is 0 Å². The van der Waals surface area contributed by atoms with Gasteiger partial charge in [-0.25, -0.2) is 0 Å². The molecule has 0 aliphatic rings. The summed E-state index contributed by atoms with van der Waals surface area (Å²) in [5, 5.41) is 20.7. The number of likely N-dealkylation sites (N-methyl/N-ethyl adjacent to an activating group) is 2. The molecule has 1 aromatic rings. The van der Waals surface area contributed by atoms with E-state index in [4.69, 9.17) is 0 Å². The van der Waals surface area contributed by atoms with E-state index in [0.717, 1.165) is 0 Å². The van der Waals surface area contributed by atoms with Gasteiger partial charge in [0.15, 0.2) is 0 Å². The fourth-order valence-electron chi connectivity index (χ4n) is 1.68. The maximum Gasteiger partial charge on any atom is 0.269 e. The van der Waals surface area contributed by atoms with Gasteiger partial charge in [0.2, 0.25) is 5.91 Å². The van der Waals surface area contributed by atoms with Crippen LogP contribution < -0.4 is 0 Å². The van der Waals surface area contributed by atoms with Crippen molar-refractivity contribution in [3.05, 3.63) is 39.9 Å². The van der Waals surface area contributed by atoms with Crippen molar-refractivity contribution in [1.29, 1.82) is 0 Å². The summed E-state index contributed by atoms with van der Waals surface area (Å²) in [6.45, 7) is 0.403. The summed E-state index contributed by atoms with van der Waals surface area (Å²) in [6.07, 6.45) is -0.880. The Labute approximate surface area is 117 Å². The SMILES string of the molecule is CN(CC(=O)N(C)C)CC(O)c1cccc([N+](=O)[O-])c1. The van der Waals surface area contributed by atoms with Gasteiger partial charge in [0.1, 0.15) is 0 Å². The zero-order valence-corrected chi connectivity index (χ0v) is 11.8. The van der Waals surface area contributed by atoms with Crippen LogP contribution in [0.15, 0.2) is 24.3 Å². The van der Waals surface area contributed by atoms with Crippen molar-refractivity contribution in [1.82, 2.24) is 9.80 Å². The third kappa shape index (κ3) is 4.60. The van der Waals surface area contributed by atoms with Gasteiger partial charge in [-0.15, -0.1) is 0 Å². The summed E-state index contributed by atoms with van der Waals surface area (Å²) in [6, 6.07) is 5.86. The first-order chi connectivity index (χ1) is 9.31. The highest BCUT2D eigenvalue weighted by molar-refractivity contribution is 5.77. The summed E-state index contributed by atoms with van der Waals surface area (Å²) < 4.78 is 0. The number of non-ortho nitro benzene ring substituents is 1. The molecule has 7 nitrogen and oxygen atoms in total. The maximum atomic E-state index is 11.5. The maximum absolute atomic E-state index is 11.5. The number of carbonyl (C=O) groups is 1. The van der Waals surface area contributed by atoms with Crippen LogP contribution in [0.3, 0.4) is 0 Å². The first-order valence-corrected chi connectivity index (χ1v) is 6.12. The second-order valence-electron chi connectivity index (χ2n) is 4.85. The molecule has 1 amide bonds. The third-order valence-electron chi connectivity index (χ3n) is 2.85. The van der Waals surface area contributed by atoms with Gasteiger partial charge in [0, 0.05) is 32.8 Å². The Hall–Kier alpha value is -1.99. The Kier molecular flexibility index (Phi) is 5.60. The molecule has 7 heteroatoms. The van der Waals surface area contributed by atoms with Crippen LogP contribution in [0.25, 0.3) is 0 Å². The minimum Gasteiger partial charge on any atom is -0.387 e. The van der Waals surface area contributed by atoms with Crippen LogP contribution >= 0.6 is 0 Å². The quantitative estimate of drug-likeness (QED) is 0.611. The number of hydrogen-bond donors (Lipinski definition) is 1. The minimum absolute atomic E-state index is 0.0615. The minimum atomic E-state index is -0.880. The Bertz CT molecular complexity index is 490. The molecule has 1 N–H and O–H groups in total. The van der Waals surface area contributed by atoms with E-state index in [2.05, 4.69) is 0 Å². The Morgan fingerprint density at radius 1 is 1.40 bits per heavy atom. The topological polar surface area (TPSA) is 86.9 Å². The van der Waals surface area contributed by atoms with Crippen LogP contribution in [-0.2, 0) is 4.79 Å². The van der Waals surface area contributed by atoms with Crippen LogP contribution in [0, 0.1) is 10.1 Å². The van der Waals surface area contributed by atoms with E-state index in [1.807, 2.05) is 0 Å². The second kappa shape index (κ2) is 6.97. The lowest BCUT2D eigenvalue weighted by Gasteiger charge is -2.21. The highest BCUT2D eigenvalue weighted by Crippen LogP contribution is 2.19. The molecule has 1 rings (SSSR count). The Balaban J connectivity index is 2.66. The fraction of sp³-hybridized carbons (Fsp3) is 0.462. The van der Waals surface area contributed by atoms with E-state index in [1.165, 1.54) is 23.1 Å². The van der Waals surface area contributed by atoms with Gasteiger partial charge in [0.25, 0.3) is 5.69 Å². The van der Waals surface area contributed by atoms with Crippen molar-refractivity contribution in [2.45, 2.75) is 6.10 Å². The van der Waals surface area contributed by atoms with Gasteiger partial charge < -0.3 is 10.0 Å². The standard InChI is InChI=1S/C13H19N3O4/c1-14(2)13(18)9-15(3)8-12(17)10-5-4-6-11(7-10)16(19)20/h4-7,12,17H,8-9H2,1-3H3. The van der Waals surface area contributed by atoms with Crippen LogP contribution in [0.1, 0.15) is 11.7 Å². The van der Waals surface area contributed by atoms with Crippen molar-refractivity contribution >= 4 is 11.6 Å². The van der Waals surface area contributed by atoms with E-state index in [0.29, 0.717) is 5.56 Å². The van der Waals surface area contributed by atoms with Crippen molar-refractivity contribution in [3.63, 3.8) is 0 Å². The number of nitrogens with zero attached hydrogens (tertiary/aromatic N) is 3. The third-order valence-corrected chi connectivity index (χ3v) is 2.85. The number of hydrogen-bond acceptors (Lipinski definition) is 5. The molecule has 0 fully saturated rings. The van der Waals surface area contributed by atoms with Crippen molar-refractivity contribution < 1.29 is 14.8 Å². The normalized spacial score (nSPS) is 12.2. The number of rotatable bonds is 6. The molecule has 0 aliphatic heterocycles. The highest BCUT2D eigenvalue weighted by atomic mass is 16.6. The molecule has 0 aromatic heterocycles. The lowest BCUT2D eigenvalue weighted by Crippen LogP contribution is -2.36. The first kappa shape index (κ1) is 16.1. The van der Waals surface area contributed by atoms with Crippen LogP contribution in [0.5, 0.6) is 0 Å². The largest absolute Gasteiger partial charge is 0.387 e. The highest BCUT2D eigenvalue weighted by Gasteiger charge is 2.16. The molecule has 0 heterocycles. The van der Waals surface area contributed by atoms with Gasteiger partial charge in [-0.1, -0.05) is 12.1 Å². The molecule has 0 bridgehead atoms. The number of aliphatic hydroxyl groups excluding tert-OH is 1. The zero-order valence-electron chi connectivity index (χ0n) is 11.8. The molecular weight excluding hydrogens is 262 g/mol. The number of nitro groups is 1. The molecule has 20 heavy (non-hydrogen) atoms. The van der Waals surface area contributed by atoms with E-state index < -0.39 is 11.0 Å². The number of nitro benzene ring substituents is 1. The smallest absolute Gasteiger partial charge is 0.269 e. The van der Waals surface area contributed by atoms with E-state index >= 15 is 0 Å². The molecule has 0 spiro atoms. The summed E-state index contributed by atoms with van der Waals surface area (Å²) >= 11 is 0. The van der Waals surface area contributed by atoms with Gasteiger partial charge in [-0.3, -0.25) is 19.8 Å². The molecule has 0 radical (unpaired) electrons. The molecular formula is C13H19N3O4. The summed E-state index contributed by atoms with van der Waals surface area (Å²) in [4.78, 5) is 24.8. The zero-order chi connectivity index (χ0) is 15.3. The molecule has 1 unspecified atom stereocenters. The lowest BCUT2D eigenvalue weighted by atomic mass is 10.1. The van der Waals surface area contributed by atoms with Gasteiger partial charge in [0.05, 0.1) is 17.6 Å². The molecule has 0 saturated heterocycles. The number of carbonyl (C=O) groups excluding carboxylic acids is 1. The monoisotopic (exact) mass is 281 g/mol. The fourth-order valence-corrected chi connectivity index (χ4v) is 1.68. The van der Waals surface area contributed by atoms with Crippen molar-refractivity contribution in [2.24, 2.45) is 0 Å². The summed E-state index contributed by atoms with van der Waals surface area (Å²) in [5.74, 6) is -0.0706. The van der Waals surface area contributed by atoms with E-state index in [9.17, 15) is 20.0 Å². The van der Waals surface area contributed by atoms with Gasteiger partial charge in [-0.05, 0) is 12.6 Å². The predicted octanol–water partition coefficient (Wildman–Crippen LogP) is 0.648. The van der Waals surface area contributed by atoms with E-state index in [-0.39, 0.29) is 24.7 Å². The first-order valence-electron chi connectivity index (χ1n) is 6.12. The van der Waals surface area contributed by atoms with Crippen LogP contribution in [0.2, 0.25) is 0 Å². The van der Waals surface area contributed by atoms with Crippen molar-refractivity contribution in [3.8, 4) is 0 Å². The number of aliphatic hydroxyl groups is 1. The Morgan fingerprint density at radius 2 is 2.05 bits per heavy atom. The molecule has 1 atom stereocenters. The number of benzene rings is 1. The van der Waals surface area contributed by atoms with Gasteiger partial charge >= 0.3 is 0 Å². The predicted molar refractivity (Wildman–Crippen MR) is 74.2 cm³/mol. The Morgan fingerprint density at radius 3 is 2.60 bits per heavy atom. The van der Waals surface area contributed by atoms with E-state index in [1.54, 1.807) is 32.1 Å². The summed E-state index contributed by atoms with van der Waals surface area (Å²) in [5.41, 5.74) is 0.400. The molecule has 0 aliphatic carbocycles. The molecule has 1 aromatic carbocycles. The molecule has 110 valence electrons. The van der Waals surface area contributed by atoms with Crippen LogP contribution in [-0.4, -0.2) is 60.0 Å². The average molecular weight is 281 g/mol. The van der Waals surface area contributed by atoms with Crippen molar-refractivity contribution in [2.75, 3.05) is 34.2 Å². The number of amides is 1. The lowest BCUT2D eigenvalue weighted by molar-refractivity contribution is -0.385. The second-order valence-corrected chi connectivity index (χ2v) is 4.85. The summed E-state index contributed by atoms with van der Waals surface area (Å²) in [7, 11) is 5.03.